The summed E-state index contributed by atoms with van der Waals surface area (Å²) in [4.78, 5) is 47.7. The Kier molecular flexibility index (Phi) is 7.84. The summed E-state index contributed by atoms with van der Waals surface area (Å²) in [5.41, 5.74) is 1.86. The minimum atomic E-state index is -0.915. The summed E-state index contributed by atoms with van der Waals surface area (Å²) in [6.07, 6.45) is 10.0. The lowest BCUT2D eigenvalue weighted by Gasteiger charge is -2.37. The van der Waals surface area contributed by atoms with Gasteiger partial charge in [0.2, 0.25) is 5.91 Å². The molecule has 210 valence electrons. The predicted octanol–water partition coefficient (Wildman–Crippen LogP) is 3.40. The standard InChI is InChI=1S/C30H39N3O5S/c1-4-31(5-2)21-11-13-22(14-12-21)32-17-9-16-30-23(26(35)33(18-10-19-34)25(30)27(32)36)24-28(37)38-20-8-6-7-15-29(24,3)39-30/h7,9,11-16,23-25,34H,4-6,8,10,17-20H2,1-3H3/b15-7-/t23-,24-,25?,29+,30-/m0/s1. The van der Waals surface area contributed by atoms with Gasteiger partial charge in [-0.25, -0.2) is 0 Å². The molecule has 1 unspecified atom stereocenters. The zero-order chi connectivity index (χ0) is 27.8. The van der Waals surface area contributed by atoms with E-state index in [1.807, 2.05) is 43.3 Å². The maximum atomic E-state index is 14.5. The number of amides is 2. The highest BCUT2D eigenvalue weighted by Gasteiger charge is 2.73. The summed E-state index contributed by atoms with van der Waals surface area (Å²) in [6.45, 7) is 8.86. The molecule has 9 heteroatoms. The first-order chi connectivity index (χ1) is 18.8. The molecule has 39 heavy (non-hydrogen) atoms. The number of fused-ring (bicyclic) bond motifs is 2. The van der Waals surface area contributed by atoms with Gasteiger partial charge in [-0.2, -0.15) is 0 Å². The van der Waals surface area contributed by atoms with Crippen LogP contribution in [0.3, 0.4) is 0 Å². The number of cyclic esters (lactones) is 1. The van der Waals surface area contributed by atoms with Gasteiger partial charge in [0.1, 0.15) is 6.04 Å². The van der Waals surface area contributed by atoms with Crippen molar-refractivity contribution in [2.45, 2.75) is 55.6 Å². The number of hydrogen-bond acceptors (Lipinski definition) is 7. The van der Waals surface area contributed by atoms with Gasteiger partial charge < -0.3 is 24.5 Å². The van der Waals surface area contributed by atoms with Crippen molar-refractivity contribution in [1.82, 2.24) is 4.90 Å². The third-order valence-electron chi connectivity index (χ3n) is 8.60. The molecule has 1 spiro atoms. The minimum Gasteiger partial charge on any atom is -0.465 e. The maximum absolute atomic E-state index is 14.5. The number of anilines is 2. The van der Waals surface area contributed by atoms with Crippen LogP contribution in [0, 0.1) is 11.8 Å². The van der Waals surface area contributed by atoms with E-state index in [4.69, 9.17) is 4.74 Å². The molecule has 8 nitrogen and oxygen atoms in total. The molecule has 1 aromatic carbocycles. The number of hydrogen-bond donors (Lipinski definition) is 1. The van der Waals surface area contributed by atoms with E-state index in [0.29, 0.717) is 19.6 Å². The number of likely N-dealkylation sites (tertiary alicyclic amines) is 1. The van der Waals surface area contributed by atoms with Crippen molar-refractivity contribution >= 4 is 40.9 Å². The first-order valence-electron chi connectivity index (χ1n) is 14.1. The quantitative estimate of drug-likeness (QED) is 0.409. The van der Waals surface area contributed by atoms with Gasteiger partial charge >= 0.3 is 5.97 Å². The summed E-state index contributed by atoms with van der Waals surface area (Å²) < 4.78 is 4.06. The van der Waals surface area contributed by atoms with Crippen molar-refractivity contribution in [3.05, 3.63) is 48.6 Å². The molecule has 0 aliphatic carbocycles. The molecule has 5 atom stereocenters. The van der Waals surface area contributed by atoms with E-state index in [2.05, 4.69) is 30.9 Å². The van der Waals surface area contributed by atoms with E-state index >= 15 is 0 Å². The summed E-state index contributed by atoms with van der Waals surface area (Å²) in [6, 6.07) is 7.20. The van der Waals surface area contributed by atoms with E-state index in [-0.39, 0.29) is 30.9 Å². The topological polar surface area (TPSA) is 90.4 Å². The van der Waals surface area contributed by atoms with E-state index in [1.54, 1.807) is 21.6 Å². The van der Waals surface area contributed by atoms with Crippen molar-refractivity contribution in [3.8, 4) is 0 Å². The van der Waals surface area contributed by atoms with Crippen molar-refractivity contribution < 1.29 is 24.2 Å². The first-order valence-corrected chi connectivity index (χ1v) is 14.9. The zero-order valence-corrected chi connectivity index (χ0v) is 23.9. The third-order valence-corrected chi connectivity index (χ3v) is 10.4. The molecule has 2 amide bonds. The lowest BCUT2D eigenvalue weighted by atomic mass is 9.74. The van der Waals surface area contributed by atoms with Gasteiger partial charge in [0.25, 0.3) is 5.91 Å². The largest absolute Gasteiger partial charge is 0.465 e. The number of nitrogens with zero attached hydrogens (tertiary/aromatic N) is 3. The number of ether oxygens (including phenoxy) is 1. The Labute approximate surface area is 235 Å². The number of thioether (sulfide) groups is 1. The maximum Gasteiger partial charge on any atom is 0.311 e. The zero-order valence-electron chi connectivity index (χ0n) is 23.0. The number of rotatable bonds is 7. The lowest BCUT2D eigenvalue weighted by Crippen LogP contribution is -2.53. The van der Waals surface area contributed by atoms with Gasteiger partial charge in [-0.15, -0.1) is 11.8 Å². The summed E-state index contributed by atoms with van der Waals surface area (Å²) in [7, 11) is 0. The Morgan fingerprint density at radius 2 is 1.79 bits per heavy atom. The van der Waals surface area contributed by atoms with Crippen LogP contribution >= 0.6 is 11.8 Å². The number of carbonyl (C=O) groups excluding carboxylic acids is 3. The number of aliphatic hydroxyl groups excluding tert-OH is 1. The third kappa shape index (κ3) is 4.57. The molecule has 4 aliphatic rings. The number of allylic oxidation sites excluding steroid dienone is 1. The van der Waals surface area contributed by atoms with Gasteiger partial charge in [-0.1, -0.05) is 24.3 Å². The summed E-state index contributed by atoms with van der Waals surface area (Å²) in [5.74, 6) is -2.18. The fraction of sp³-hybridized carbons (Fsp3) is 0.567. The fourth-order valence-electron chi connectivity index (χ4n) is 6.78. The molecular formula is C30H39N3O5S. The summed E-state index contributed by atoms with van der Waals surface area (Å²) in [5, 5.41) is 9.60. The highest BCUT2D eigenvalue weighted by Crippen LogP contribution is 2.65. The second-order valence-corrected chi connectivity index (χ2v) is 12.6. The average Bonchev–Trinajstić information content (AvgIpc) is 3.27. The molecule has 0 bridgehead atoms. The molecule has 0 radical (unpaired) electrons. The van der Waals surface area contributed by atoms with Crippen LogP contribution in [-0.2, 0) is 19.1 Å². The van der Waals surface area contributed by atoms with Crippen LogP contribution in [0.1, 0.15) is 40.0 Å². The highest BCUT2D eigenvalue weighted by molar-refractivity contribution is 8.02. The van der Waals surface area contributed by atoms with Crippen LogP contribution in [0.15, 0.2) is 48.6 Å². The molecular weight excluding hydrogens is 514 g/mol. The van der Waals surface area contributed by atoms with Gasteiger partial charge in [0.15, 0.2) is 0 Å². The van der Waals surface area contributed by atoms with E-state index in [0.717, 1.165) is 37.3 Å². The first kappa shape index (κ1) is 27.8. The van der Waals surface area contributed by atoms with Crippen LogP contribution in [0.5, 0.6) is 0 Å². The second kappa shape index (κ2) is 11.0. The molecule has 5 rings (SSSR count). The second-order valence-electron chi connectivity index (χ2n) is 10.9. The molecule has 1 aromatic rings. The van der Waals surface area contributed by atoms with Gasteiger partial charge in [-0.3, -0.25) is 14.4 Å². The van der Waals surface area contributed by atoms with E-state index in [9.17, 15) is 19.5 Å². The van der Waals surface area contributed by atoms with Gasteiger partial charge in [0, 0.05) is 48.9 Å². The Morgan fingerprint density at radius 3 is 2.49 bits per heavy atom. The number of benzene rings is 1. The van der Waals surface area contributed by atoms with Crippen LogP contribution in [0.4, 0.5) is 11.4 Å². The lowest BCUT2D eigenvalue weighted by molar-refractivity contribution is -0.154. The predicted molar refractivity (Wildman–Crippen MR) is 154 cm³/mol. The van der Waals surface area contributed by atoms with E-state index in [1.165, 1.54) is 0 Å². The Bertz CT molecular complexity index is 1170. The van der Waals surface area contributed by atoms with Gasteiger partial charge in [-0.05, 0) is 64.3 Å². The van der Waals surface area contributed by atoms with Crippen LogP contribution in [0.2, 0.25) is 0 Å². The number of aliphatic hydroxyl groups is 1. The smallest absolute Gasteiger partial charge is 0.311 e. The Morgan fingerprint density at radius 1 is 1.05 bits per heavy atom. The van der Waals surface area contributed by atoms with Gasteiger partial charge in [0.05, 0.1) is 23.2 Å². The van der Waals surface area contributed by atoms with Crippen molar-refractivity contribution in [3.63, 3.8) is 0 Å². The molecule has 2 fully saturated rings. The fourth-order valence-corrected chi connectivity index (χ4v) is 8.93. The minimum absolute atomic E-state index is 0.0895. The molecule has 4 aliphatic heterocycles. The monoisotopic (exact) mass is 553 g/mol. The van der Waals surface area contributed by atoms with E-state index < -0.39 is 27.4 Å². The highest BCUT2D eigenvalue weighted by atomic mass is 32.2. The van der Waals surface area contributed by atoms with Crippen LogP contribution < -0.4 is 9.80 Å². The molecule has 2 saturated heterocycles. The van der Waals surface area contributed by atoms with Crippen LogP contribution in [0.25, 0.3) is 0 Å². The molecule has 1 N–H and O–H groups in total. The number of esters is 1. The number of carbonyl (C=O) groups is 3. The van der Waals surface area contributed by atoms with Crippen LogP contribution in [-0.4, -0.2) is 82.7 Å². The Balaban J connectivity index is 1.57. The SMILES string of the molecule is CCN(CC)c1ccc(N2CC=C[C@]34S[C@]5(C)/C=C\CCCOC(=O)[C@@H]5[C@H]3C(=O)N(CCCO)C4C2=O)cc1. The van der Waals surface area contributed by atoms with Crippen molar-refractivity contribution in [1.29, 1.82) is 0 Å². The van der Waals surface area contributed by atoms with Crippen molar-refractivity contribution in [2.24, 2.45) is 11.8 Å². The molecule has 0 aromatic heterocycles. The molecule has 4 heterocycles. The van der Waals surface area contributed by atoms with Crippen molar-refractivity contribution in [2.75, 3.05) is 49.2 Å². The Hall–Kier alpha value is -2.78. The normalized spacial score (nSPS) is 32.9. The summed E-state index contributed by atoms with van der Waals surface area (Å²) >= 11 is 1.55. The molecule has 0 saturated carbocycles. The average molecular weight is 554 g/mol.